The first kappa shape index (κ1) is 13.2. The van der Waals surface area contributed by atoms with Gasteiger partial charge in [0.15, 0.2) is 6.07 Å². The SMILES string of the molecule is CNC(=O)/C(C(=N)CC(N)=O)=C(/[SH2+])C#N. The molecule has 0 radical (unpaired) electrons. The second-order valence-electron chi connectivity index (χ2n) is 2.56. The summed E-state index contributed by atoms with van der Waals surface area (Å²) in [6.45, 7) is 0. The lowest BCUT2D eigenvalue weighted by molar-refractivity contribution is -0.116. The fraction of sp³-hybridized carbons (Fsp3) is 0.250. The van der Waals surface area contributed by atoms with Crippen molar-refractivity contribution in [3.63, 3.8) is 0 Å². The molecule has 0 aliphatic rings. The Balaban J connectivity index is 5.17. The van der Waals surface area contributed by atoms with Gasteiger partial charge in [-0.3, -0.25) is 9.59 Å². The van der Waals surface area contributed by atoms with E-state index in [1.54, 1.807) is 6.07 Å². The molecule has 0 fully saturated rings. The highest BCUT2D eigenvalue weighted by atomic mass is 32.1. The van der Waals surface area contributed by atoms with Gasteiger partial charge in [0, 0.05) is 19.7 Å². The molecular weight excluding hydrogens is 216 g/mol. The Morgan fingerprint density at radius 3 is 2.47 bits per heavy atom. The van der Waals surface area contributed by atoms with E-state index in [4.69, 9.17) is 16.4 Å². The van der Waals surface area contributed by atoms with Crippen LogP contribution in [0.15, 0.2) is 10.5 Å². The normalized spacial score (nSPS) is 11.0. The van der Waals surface area contributed by atoms with E-state index in [9.17, 15) is 9.59 Å². The molecule has 0 heterocycles. The Labute approximate surface area is 92.1 Å². The average Bonchev–Trinajstić information content (AvgIpc) is 2.16. The molecule has 0 aromatic rings. The van der Waals surface area contributed by atoms with Crippen molar-refractivity contribution in [1.82, 2.24) is 5.32 Å². The number of carbonyl (C=O) groups is 2. The first-order valence-electron chi connectivity index (χ1n) is 3.88. The first-order valence-corrected chi connectivity index (χ1v) is 4.38. The van der Waals surface area contributed by atoms with Gasteiger partial charge in [-0.1, -0.05) is 0 Å². The van der Waals surface area contributed by atoms with E-state index in [0.717, 1.165) is 0 Å². The number of primary amides is 1. The molecule has 0 spiro atoms. The summed E-state index contributed by atoms with van der Waals surface area (Å²) in [5, 5.41) is 18.3. The molecule has 15 heavy (non-hydrogen) atoms. The van der Waals surface area contributed by atoms with Gasteiger partial charge in [0.05, 0.1) is 12.1 Å². The second kappa shape index (κ2) is 5.82. The molecule has 0 aromatic carbocycles. The van der Waals surface area contributed by atoms with Gasteiger partial charge in [-0.05, 0) is 0 Å². The number of nitriles is 1. The van der Waals surface area contributed by atoms with Crippen LogP contribution >= 0.6 is 0 Å². The molecule has 80 valence electrons. The summed E-state index contributed by atoms with van der Waals surface area (Å²) in [7, 11) is 1.36. The summed E-state index contributed by atoms with van der Waals surface area (Å²) in [4.78, 5) is 21.7. The Hall–Kier alpha value is -1.81. The summed E-state index contributed by atoms with van der Waals surface area (Å²) in [5.41, 5.74) is 4.40. The number of allylic oxidation sites excluding steroid dienone is 1. The molecule has 7 heteroatoms. The van der Waals surface area contributed by atoms with Crippen molar-refractivity contribution in [1.29, 1.82) is 10.7 Å². The van der Waals surface area contributed by atoms with Crippen LogP contribution in [0, 0.1) is 16.7 Å². The van der Waals surface area contributed by atoms with Gasteiger partial charge in [-0.25, -0.2) is 0 Å². The minimum absolute atomic E-state index is 0.111. The second-order valence-corrected chi connectivity index (χ2v) is 3.06. The molecule has 0 saturated carbocycles. The van der Waals surface area contributed by atoms with Crippen molar-refractivity contribution < 1.29 is 9.59 Å². The van der Waals surface area contributed by atoms with Gasteiger partial charge in [0.25, 0.3) is 5.91 Å². The largest absolute Gasteiger partial charge is 0.369 e. The zero-order valence-electron chi connectivity index (χ0n) is 8.05. The van der Waals surface area contributed by atoms with Crippen LogP contribution in [0.4, 0.5) is 0 Å². The summed E-state index contributed by atoms with van der Waals surface area (Å²) in [5.74, 6) is -1.35. The summed E-state index contributed by atoms with van der Waals surface area (Å²) in [6, 6.07) is 1.67. The smallest absolute Gasteiger partial charge is 0.258 e. The van der Waals surface area contributed by atoms with Gasteiger partial charge < -0.3 is 16.5 Å². The van der Waals surface area contributed by atoms with Crippen molar-refractivity contribution in [3.05, 3.63) is 10.5 Å². The monoisotopic (exact) mass is 227 g/mol. The Bertz CT molecular complexity index is 381. The van der Waals surface area contributed by atoms with Gasteiger partial charge in [-0.15, -0.1) is 0 Å². The minimum atomic E-state index is -0.737. The third-order valence-corrected chi connectivity index (χ3v) is 1.83. The van der Waals surface area contributed by atoms with Crippen LogP contribution in [-0.2, 0) is 22.2 Å². The molecule has 0 aliphatic carbocycles. The Morgan fingerprint density at radius 2 is 2.13 bits per heavy atom. The number of likely N-dealkylation sites (N-methyl/N-ethyl adjacent to an activating group) is 1. The van der Waals surface area contributed by atoms with Crippen LogP contribution in [-0.4, -0.2) is 24.6 Å². The molecular formula is C8H11N4O2S+. The third kappa shape index (κ3) is 3.83. The van der Waals surface area contributed by atoms with E-state index < -0.39 is 18.2 Å². The van der Waals surface area contributed by atoms with Gasteiger partial charge in [0.2, 0.25) is 10.8 Å². The minimum Gasteiger partial charge on any atom is -0.369 e. The van der Waals surface area contributed by atoms with E-state index in [1.807, 2.05) is 0 Å². The molecule has 4 N–H and O–H groups in total. The van der Waals surface area contributed by atoms with Crippen LogP contribution in [0.25, 0.3) is 0 Å². The van der Waals surface area contributed by atoms with Gasteiger partial charge >= 0.3 is 0 Å². The predicted octanol–water partition coefficient (Wildman–Crippen LogP) is -1.58. The van der Waals surface area contributed by atoms with Crippen molar-refractivity contribution in [2.24, 2.45) is 5.73 Å². The Morgan fingerprint density at radius 1 is 1.60 bits per heavy atom. The highest BCUT2D eigenvalue weighted by molar-refractivity contribution is 7.64. The number of nitrogens with zero attached hydrogens (tertiary/aromatic N) is 1. The van der Waals surface area contributed by atoms with Crippen molar-refractivity contribution in [2.45, 2.75) is 6.42 Å². The van der Waals surface area contributed by atoms with E-state index in [2.05, 4.69) is 17.9 Å². The van der Waals surface area contributed by atoms with Crippen LogP contribution in [0.5, 0.6) is 0 Å². The molecule has 0 unspecified atom stereocenters. The van der Waals surface area contributed by atoms with Crippen molar-refractivity contribution in [3.8, 4) is 6.07 Å². The molecule has 0 aliphatic heterocycles. The summed E-state index contributed by atoms with van der Waals surface area (Å²) in [6.07, 6.45) is -0.390. The van der Waals surface area contributed by atoms with Crippen LogP contribution < -0.4 is 11.1 Å². The molecule has 0 bridgehead atoms. The maximum atomic E-state index is 11.3. The zero-order valence-corrected chi connectivity index (χ0v) is 9.05. The number of carbonyl (C=O) groups excluding carboxylic acids is 2. The number of rotatable bonds is 4. The van der Waals surface area contributed by atoms with Crippen molar-refractivity contribution >= 4 is 30.2 Å². The van der Waals surface area contributed by atoms with Crippen LogP contribution in [0.2, 0.25) is 0 Å². The number of hydrogen-bond donors (Lipinski definition) is 3. The molecule has 6 nitrogen and oxygen atoms in total. The molecule has 0 aromatic heterocycles. The van der Waals surface area contributed by atoms with E-state index in [-0.39, 0.29) is 16.2 Å². The lowest BCUT2D eigenvalue weighted by Crippen LogP contribution is -2.28. The van der Waals surface area contributed by atoms with Crippen LogP contribution in [0.3, 0.4) is 0 Å². The number of nitrogens with two attached hydrogens (primary N) is 1. The van der Waals surface area contributed by atoms with Crippen LogP contribution in [0.1, 0.15) is 6.42 Å². The summed E-state index contributed by atoms with van der Waals surface area (Å²) >= 11 is 2.89. The van der Waals surface area contributed by atoms with Gasteiger partial charge in [-0.2, -0.15) is 5.26 Å². The molecule has 2 amide bonds. The predicted molar refractivity (Wildman–Crippen MR) is 58.4 cm³/mol. The van der Waals surface area contributed by atoms with Crippen molar-refractivity contribution in [2.75, 3.05) is 7.05 Å². The standard InChI is InChI=1S/C8H10N4O2S/c1-12-8(14)7(5(15)3-9)4(10)2-6(11)13/h10,15H,2H2,1H3,(H2,11,13)(H,12,14)/p+1/b7-5+,10-4?. The number of hydrogen-bond acceptors (Lipinski definition) is 4. The molecule has 0 saturated heterocycles. The molecule has 0 atom stereocenters. The maximum Gasteiger partial charge on any atom is 0.258 e. The number of nitrogens with one attached hydrogen (secondary N) is 2. The summed E-state index contributed by atoms with van der Waals surface area (Å²) < 4.78 is 0. The topological polar surface area (TPSA) is 120 Å². The lowest BCUT2D eigenvalue weighted by atomic mass is 10.1. The van der Waals surface area contributed by atoms with Gasteiger partial charge in [0.1, 0.15) is 5.57 Å². The van der Waals surface area contributed by atoms with E-state index >= 15 is 0 Å². The highest BCUT2D eigenvalue weighted by Gasteiger charge is 2.22. The fourth-order valence-electron chi connectivity index (χ4n) is 0.845. The van der Waals surface area contributed by atoms with E-state index in [0.29, 0.717) is 0 Å². The zero-order chi connectivity index (χ0) is 12.0. The first-order chi connectivity index (χ1) is 6.93. The van der Waals surface area contributed by atoms with E-state index in [1.165, 1.54) is 7.05 Å². The molecule has 0 rings (SSSR count). The third-order valence-electron chi connectivity index (χ3n) is 1.47. The fourth-order valence-corrected chi connectivity index (χ4v) is 1.11. The average molecular weight is 227 g/mol. The quantitative estimate of drug-likeness (QED) is 0.232. The lowest BCUT2D eigenvalue weighted by Gasteiger charge is -2.04. The Kier molecular flexibility index (Phi) is 5.12. The maximum absolute atomic E-state index is 11.3. The number of amides is 2. The highest BCUT2D eigenvalue weighted by Crippen LogP contribution is 2.06.